The molecule has 1 aromatic rings. The summed E-state index contributed by atoms with van der Waals surface area (Å²) in [6.45, 7) is 3.00. The molecule has 4 heteroatoms. The van der Waals surface area contributed by atoms with Crippen molar-refractivity contribution in [1.82, 2.24) is 4.90 Å². The predicted molar refractivity (Wildman–Crippen MR) is 79.5 cm³/mol. The second-order valence-electron chi connectivity index (χ2n) is 4.27. The fourth-order valence-electron chi connectivity index (χ4n) is 2.30. The van der Waals surface area contributed by atoms with Crippen LogP contribution in [0.2, 0.25) is 0 Å². The Kier molecular flexibility index (Phi) is 5.35. The number of rotatable bonds is 3. The topological polar surface area (TPSA) is 29.3 Å². The van der Waals surface area contributed by atoms with Gasteiger partial charge in [-0.25, -0.2) is 0 Å². The summed E-state index contributed by atoms with van der Waals surface area (Å²) in [6.07, 6.45) is 1.27. The van der Waals surface area contributed by atoms with Crippen LogP contribution in [-0.2, 0) is 0 Å². The van der Waals surface area contributed by atoms with Crippen LogP contribution in [-0.4, -0.2) is 36.0 Å². The number of benzene rings is 1. The number of nitrogens with zero attached hydrogens (tertiary/aromatic N) is 1. The highest BCUT2D eigenvalue weighted by molar-refractivity contribution is 9.10. The lowest BCUT2D eigenvalue weighted by molar-refractivity contribution is 0.217. The molecule has 1 heterocycles. The van der Waals surface area contributed by atoms with Gasteiger partial charge in [0.1, 0.15) is 0 Å². The summed E-state index contributed by atoms with van der Waals surface area (Å²) >= 11 is 5.69. The summed E-state index contributed by atoms with van der Waals surface area (Å²) in [7, 11) is 0. The largest absolute Gasteiger partial charge is 0.329 e. The molecule has 17 heavy (non-hydrogen) atoms. The van der Waals surface area contributed by atoms with Gasteiger partial charge < -0.3 is 5.73 Å². The van der Waals surface area contributed by atoms with Crippen molar-refractivity contribution in [2.75, 3.05) is 31.1 Å². The molecule has 2 N–H and O–H groups in total. The zero-order valence-corrected chi connectivity index (χ0v) is 12.3. The van der Waals surface area contributed by atoms with Crippen LogP contribution in [0.15, 0.2) is 28.7 Å². The van der Waals surface area contributed by atoms with Gasteiger partial charge in [0.25, 0.3) is 0 Å². The minimum atomic E-state index is 0.351. The highest BCUT2D eigenvalue weighted by Crippen LogP contribution is 2.28. The molecule has 0 bridgehead atoms. The van der Waals surface area contributed by atoms with E-state index in [1.165, 1.54) is 28.0 Å². The first kappa shape index (κ1) is 13.4. The van der Waals surface area contributed by atoms with E-state index in [0.29, 0.717) is 12.6 Å². The number of hydrogen-bond acceptors (Lipinski definition) is 3. The van der Waals surface area contributed by atoms with Crippen molar-refractivity contribution in [3.63, 3.8) is 0 Å². The zero-order chi connectivity index (χ0) is 12.1. The first-order valence-corrected chi connectivity index (χ1v) is 8.04. The lowest BCUT2D eigenvalue weighted by atomic mass is 10.1. The van der Waals surface area contributed by atoms with Crippen LogP contribution in [0.5, 0.6) is 0 Å². The number of halogens is 1. The average Bonchev–Trinajstić information content (AvgIpc) is 2.62. The van der Waals surface area contributed by atoms with E-state index in [1.807, 2.05) is 0 Å². The number of thioether (sulfide) groups is 1. The summed E-state index contributed by atoms with van der Waals surface area (Å²) in [5, 5.41) is 0. The van der Waals surface area contributed by atoms with Crippen molar-refractivity contribution >= 4 is 27.7 Å². The Morgan fingerprint density at radius 1 is 1.29 bits per heavy atom. The Hall–Kier alpha value is -0.0300. The van der Waals surface area contributed by atoms with Crippen molar-refractivity contribution in [2.24, 2.45) is 5.73 Å². The van der Waals surface area contributed by atoms with Crippen molar-refractivity contribution < 1.29 is 0 Å². The third kappa shape index (κ3) is 3.47. The van der Waals surface area contributed by atoms with E-state index in [0.717, 1.165) is 13.1 Å². The van der Waals surface area contributed by atoms with E-state index >= 15 is 0 Å². The van der Waals surface area contributed by atoms with Gasteiger partial charge in [-0.15, -0.1) is 0 Å². The number of hydrogen-bond donors (Lipinski definition) is 1. The summed E-state index contributed by atoms with van der Waals surface area (Å²) in [4.78, 5) is 2.53. The molecular weight excluding hydrogens is 296 g/mol. The van der Waals surface area contributed by atoms with Crippen LogP contribution in [0, 0.1) is 0 Å². The van der Waals surface area contributed by atoms with Crippen molar-refractivity contribution in [3.8, 4) is 0 Å². The standard InChI is InChI=1S/C13H19BrN2S/c14-12-5-2-1-4-11(12)13(10-15)16-6-3-8-17-9-7-16/h1-2,4-5,13H,3,6-10,15H2. The molecule has 1 saturated heterocycles. The maximum Gasteiger partial charge on any atom is 0.0481 e. The van der Waals surface area contributed by atoms with E-state index in [2.05, 4.69) is 56.9 Å². The van der Waals surface area contributed by atoms with E-state index in [-0.39, 0.29) is 0 Å². The second-order valence-corrected chi connectivity index (χ2v) is 6.35. The molecule has 0 aromatic heterocycles. The highest BCUT2D eigenvalue weighted by Gasteiger charge is 2.21. The molecule has 0 amide bonds. The maximum atomic E-state index is 5.99. The smallest absolute Gasteiger partial charge is 0.0481 e. The lowest BCUT2D eigenvalue weighted by Crippen LogP contribution is -2.35. The van der Waals surface area contributed by atoms with Crippen LogP contribution in [0.25, 0.3) is 0 Å². The van der Waals surface area contributed by atoms with Crippen LogP contribution < -0.4 is 5.73 Å². The van der Waals surface area contributed by atoms with Crippen LogP contribution in [0.4, 0.5) is 0 Å². The quantitative estimate of drug-likeness (QED) is 0.930. The molecule has 0 radical (unpaired) electrons. The van der Waals surface area contributed by atoms with Crippen LogP contribution in [0.3, 0.4) is 0 Å². The Morgan fingerprint density at radius 2 is 2.12 bits per heavy atom. The molecule has 2 nitrogen and oxygen atoms in total. The van der Waals surface area contributed by atoms with Gasteiger partial charge in [0.2, 0.25) is 0 Å². The fourth-order valence-corrected chi connectivity index (χ4v) is 3.75. The molecule has 0 aliphatic carbocycles. The maximum absolute atomic E-state index is 5.99. The van der Waals surface area contributed by atoms with Gasteiger partial charge in [-0.2, -0.15) is 11.8 Å². The fraction of sp³-hybridized carbons (Fsp3) is 0.538. The molecule has 94 valence electrons. The molecular formula is C13H19BrN2S. The Morgan fingerprint density at radius 3 is 2.88 bits per heavy atom. The molecule has 0 saturated carbocycles. The lowest BCUT2D eigenvalue weighted by Gasteiger charge is -2.30. The SMILES string of the molecule is NCC(c1ccccc1Br)N1CCCSCC1. The van der Waals surface area contributed by atoms with E-state index < -0.39 is 0 Å². The van der Waals surface area contributed by atoms with Crippen LogP contribution >= 0.6 is 27.7 Å². The molecule has 1 aliphatic rings. The molecule has 2 rings (SSSR count). The predicted octanol–water partition coefficient (Wildman–Crippen LogP) is 2.89. The molecule has 1 atom stereocenters. The molecule has 1 aliphatic heterocycles. The van der Waals surface area contributed by atoms with Gasteiger partial charge in [0, 0.05) is 29.4 Å². The van der Waals surface area contributed by atoms with Crippen LogP contribution in [0.1, 0.15) is 18.0 Å². The summed E-state index contributed by atoms with van der Waals surface area (Å²) < 4.78 is 1.17. The minimum Gasteiger partial charge on any atom is -0.329 e. The van der Waals surface area contributed by atoms with E-state index in [4.69, 9.17) is 5.73 Å². The van der Waals surface area contributed by atoms with Gasteiger partial charge in [0.05, 0.1) is 0 Å². The molecule has 1 fully saturated rings. The van der Waals surface area contributed by atoms with Gasteiger partial charge in [-0.1, -0.05) is 34.1 Å². The number of nitrogens with two attached hydrogens (primary N) is 1. The first-order valence-electron chi connectivity index (χ1n) is 6.09. The van der Waals surface area contributed by atoms with Gasteiger partial charge in [-0.3, -0.25) is 4.90 Å². The molecule has 0 spiro atoms. The second kappa shape index (κ2) is 6.78. The monoisotopic (exact) mass is 314 g/mol. The Bertz CT molecular complexity index is 351. The van der Waals surface area contributed by atoms with Crippen molar-refractivity contribution in [3.05, 3.63) is 34.3 Å². The minimum absolute atomic E-state index is 0.351. The third-order valence-electron chi connectivity index (χ3n) is 3.19. The zero-order valence-electron chi connectivity index (χ0n) is 9.94. The Balaban J connectivity index is 2.17. The average molecular weight is 315 g/mol. The summed E-state index contributed by atoms with van der Waals surface area (Å²) in [5.41, 5.74) is 7.31. The van der Waals surface area contributed by atoms with Crippen molar-refractivity contribution in [2.45, 2.75) is 12.5 Å². The van der Waals surface area contributed by atoms with Gasteiger partial charge in [-0.05, 0) is 30.3 Å². The third-order valence-corrected chi connectivity index (χ3v) is 4.96. The van der Waals surface area contributed by atoms with Crippen molar-refractivity contribution in [1.29, 1.82) is 0 Å². The first-order chi connectivity index (χ1) is 8.33. The Labute approximate surface area is 116 Å². The van der Waals surface area contributed by atoms with E-state index in [9.17, 15) is 0 Å². The molecule has 1 aromatic carbocycles. The molecule has 1 unspecified atom stereocenters. The summed E-state index contributed by atoms with van der Waals surface area (Å²) in [5.74, 6) is 2.50. The van der Waals surface area contributed by atoms with E-state index in [1.54, 1.807) is 0 Å². The summed E-state index contributed by atoms with van der Waals surface area (Å²) in [6, 6.07) is 8.78. The van der Waals surface area contributed by atoms with Gasteiger partial charge in [0.15, 0.2) is 0 Å². The highest BCUT2D eigenvalue weighted by atomic mass is 79.9. The van der Waals surface area contributed by atoms with Gasteiger partial charge >= 0.3 is 0 Å². The normalized spacial score (nSPS) is 19.9.